The molecule has 2 aromatic carbocycles. The van der Waals surface area contributed by atoms with Gasteiger partial charge in [0.1, 0.15) is 11.6 Å². The van der Waals surface area contributed by atoms with Crippen LogP contribution in [0, 0.1) is 11.6 Å². The summed E-state index contributed by atoms with van der Waals surface area (Å²) in [5, 5.41) is 2.69. The zero-order chi connectivity index (χ0) is 14.7. The van der Waals surface area contributed by atoms with E-state index in [-0.39, 0.29) is 23.1 Å². The molecular formula is C15H14F2N2O. The third-order valence-electron chi connectivity index (χ3n) is 2.98. The van der Waals surface area contributed by atoms with Crippen LogP contribution in [0.3, 0.4) is 0 Å². The Kier molecular flexibility index (Phi) is 3.98. The van der Waals surface area contributed by atoms with Crippen LogP contribution < -0.4 is 11.1 Å². The summed E-state index contributed by atoms with van der Waals surface area (Å²) in [6.45, 7) is 1.75. The van der Waals surface area contributed by atoms with Crippen molar-refractivity contribution in [3.05, 3.63) is 65.2 Å². The van der Waals surface area contributed by atoms with Crippen molar-refractivity contribution in [3.63, 3.8) is 0 Å². The molecule has 1 amide bonds. The van der Waals surface area contributed by atoms with Crippen LogP contribution in [-0.2, 0) is 0 Å². The lowest BCUT2D eigenvalue weighted by Crippen LogP contribution is -2.27. The molecule has 0 aliphatic heterocycles. The number of anilines is 1. The second-order valence-corrected chi connectivity index (χ2v) is 4.48. The van der Waals surface area contributed by atoms with Crippen LogP contribution in [0.5, 0.6) is 0 Å². The van der Waals surface area contributed by atoms with E-state index < -0.39 is 11.7 Å². The van der Waals surface area contributed by atoms with E-state index in [2.05, 4.69) is 5.32 Å². The summed E-state index contributed by atoms with van der Waals surface area (Å²) in [6.07, 6.45) is 0. The first-order valence-corrected chi connectivity index (χ1v) is 6.08. The van der Waals surface area contributed by atoms with Crippen molar-refractivity contribution in [3.8, 4) is 0 Å². The normalized spacial score (nSPS) is 11.9. The molecule has 3 N–H and O–H groups in total. The Morgan fingerprint density at radius 3 is 2.35 bits per heavy atom. The maximum Gasteiger partial charge on any atom is 0.253 e. The molecular weight excluding hydrogens is 262 g/mol. The van der Waals surface area contributed by atoms with E-state index in [0.29, 0.717) is 0 Å². The van der Waals surface area contributed by atoms with E-state index >= 15 is 0 Å². The van der Waals surface area contributed by atoms with Crippen molar-refractivity contribution in [2.24, 2.45) is 0 Å². The highest BCUT2D eigenvalue weighted by molar-refractivity contribution is 5.99. The minimum absolute atomic E-state index is 0.0824. The van der Waals surface area contributed by atoms with Crippen LogP contribution in [0.15, 0.2) is 42.5 Å². The van der Waals surface area contributed by atoms with E-state index in [9.17, 15) is 13.6 Å². The molecule has 0 bridgehead atoms. The van der Waals surface area contributed by atoms with Gasteiger partial charge in [0, 0.05) is 5.69 Å². The summed E-state index contributed by atoms with van der Waals surface area (Å²) in [5.41, 5.74) is 6.68. The van der Waals surface area contributed by atoms with Crippen LogP contribution in [0.1, 0.15) is 28.9 Å². The van der Waals surface area contributed by atoms with Crippen LogP contribution in [0.4, 0.5) is 14.5 Å². The van der Waals surface area contributed by atoms with E-state index in [1.165, 1.54) is 24.3 Å². The summed E-state index contributed by atoms with van der Waals surface area (Å²) in [5.74, 6) is -1.35. The fourth-order valence-electron chi connectivity index (χ4n) is 1.83. The van der Waals surface area contributed by atoms with Crippen molar-refractivity contribution in [1.82, 2.24) is 5.32 Å². The van der Waals surface area contributed by atoms with Gasteiger partial charge < -0.3 is 11.1 Å². The number of nitrogens with two attached hydrogens (primary N) is 1. The van der Waals surface area contributed by atoms with Crippen LogP contribution in [0.25, 0.3) is 0 Å². The van der Waals surface area contributed by atoms with E-state index in [4.69, 9.17) is 5.73 Å². The molecule has 0 aromatic heterocycles. The molecule has 0 heterocycles. The predicted octanol–water partition coefficient (Wildman–Crippen LogP) is 3.04. The van der Waals surface area contributed by atoms with Crippen molar-refractivity contribution in [2.45, 2.75) is 13.0 Å². The van der Waals surface area contributed by atoms with Crippen LogP contribution >= 0.6 is 0 Å². The molecule has 3 nitrogen and oxygen atoms in total. The minimum atomic E-state index is -0.529. The average molecular weight is 276 g/mol. The Labute approximate surface area is 115 Å². The summed E-state index contributed by atoms with van der Waals surface area (Å²) in [4.78, 5) is 12.0. The van der Waals surface area contributed by atoms with Gasteiger partial charge >= 0.3 is 0 Å². The van der Waals surface area contributed by atoms with E-state index in [0.717, 1.165) is 11.6 Å². The first-order valence-electron chi connectivity index (χ1n) is 6.08. The first-order chi connectivity index (χ1) is 9.47. The number of nitrogens with one attached hydrogen (secondary N) is 1. The molecule has 0 spiro atoms. The number of hydrogen-bond acceptors (Lipinski definition) is 2. The van der Waals surface area contributed by atoms with Crippen LogP contribution in [0.2, 0.25) is 0 Å². The lowest BCUT2D eigenvalue weighted by molar-refractivity contribution is 0.0940. The topological polar surface area (TPSA) is 55.1 Å². The van der Waals surface area contributed by atoms with Crippen molar-refractivity contribution in [1.29, 1.82) is 0 Å². The smallest absolute Gasteiger partial charge is 0.253 e. The molecule has 1 atom stereocenters. The van der Waals surface area contributed by atoms with Crippen molar-refractivity contribution >= 4 is 11.6 Å². The van der Waals surface area contributed by atoms with Gasteiger partial charge in [-0.3, -0.25) is 4.79 Å². The minimum Gasteiger partial charge on any atom is -0.398 e. The number of halogens is 2. The fraction of sp³-hybridized carbons (Fsp3) is 0.133. The maximum atomic E-state index is 13.1. The molecule has 0 saturated carbocycles. The molecule has 0 aliphatic rings. The SMILES string of the molecule is C[C@@H](NC(=O)c1cc(F)ccc1N)c1ccc(F)cc1. The number of amides is 1. The average Bonchev–Trinajstić information content (AvgIpc) is 2.42. The number of nitrogen functional groups attached to an aromatic ring is 1. The van der Waals surface area contributed by atoms with Gasteiger partial charge in [0.2, 0.25) is 0 Å². The first kappa shape index (κ1) is 14.0. The second-order valence-electron chi connectivity index (χ2n) is 4.48. The molecule has 0 unspecified atom stereocenters. The molecule has 0 saturated heterocycles. The van der Waals surface area contributed by atoms with E-state index in [1.807, 2.05) is 0 Å². The summed E-state index contributed by atoms with van der Waals surface area (Å²) in [7, 11) is 0. The largest absolute Gasteiger partial charge is 0.398 e. The summed E-state index contributed by atoms with van der Waals surface area (Å²) in [6, 6.07) is 9.06. The number of carbonyl (C=O) groups is 1. The Hall–Kier alpha value is -2.43. The van der Waals surface area contributed by atoms with E-state index in [1.54, 1.807) is 19.1 Å². The zero-order valence-electron chi connectivity index (χ0n) is 10.9. The Morgan fingerprint density at radius 2 is 1.70 bits per heavy atom. The third-order valence-corrected chi connectivity index (χ3v) is 2.98. The highest BCUT2D eigenvalue weighted by atomic mass is 19.1. The molecule has 2 aromatic rings. The van der Waals surface area contributed by atoms with Gasteiger partial charge in [-0.2, -0.15) is 0 Å². The van der Waals surface area contributed by atoms with Gasteiger partial charge in [-0.05, 0) is 42.8 Å². The Balaban J connectivity index is 2.15. The third kappa shape index (κ3) is 3.12. The molecule has 104 valence electrons. The van der Waals surface area contributed by atoms with Gasteiger partial charge in [0.15, 0.2) is 0 Å². The molecule has 0 aliphatic carbocycles. The van der Waals surface area contributed by atoms with Crippen molar-refractivity contribution in [2.75, 3.05) is 5.73 Å². The molecule has 0 radical (unpaired) electrons. The number of rotatable bonds is 3. The van der Waals surface area contributed by atoms with Crippen LogP contribution in [-0.4, -0.2) is 5.91 Å². The number of hydrogen-bond donors (Lipinski definition) is 2. The molecule has 20 heavy (non-hydrogen) atoms. The molecule has 5 heteroatoms. The standard InChI is InChI=1S/C15H14F2N2O/c1-9(10-2-4-11(16)5-3-10)19-15(20)13-8-12(17)6-7-14(13)18/h2-9H,18H2,1H3,(H,19,20)/t9-/m1/s1. The Morgan fingerprint density at radius 1 is 1.10 bits per heavy atom. The maximum absolute atomic E-state index is 13.1. The molecule has 0 fully saturated rings. The fourth-order valence-corrected chi connectivity index (χ4v) is 1.83. The monoisotopic (exact) mass is 276 g/mol. The van der Waals surface area contributed by atoms with Gasteiger partial charge in [-0.15, -0.1) is 0 Å². The quantitative estimate of drug-likeness (QED) is 0.847. The lowest BCUT2D eigenvalue weighted by Gasteiger charge is -2.15. The number of benzene rings is 2. The zero-order valence-corrected chi connectivity index (χ0v) is 10.9. The van der Waals surface area contributed by atoms with Gasteiger partial charge in [-0.1, -0.05) is 12.1 Å². The second kappa shape index (κ2) is 5.69. The summed E-state index contributed by atoms with van der Waals surface area (Å²) >= 11 is 0. The Bertz CT molecular complexity index is 626. The van der Waals surface area contributed by atoms with Gasteiger partial charge in [0.25, 0.3) is 5.91 Å². The summed E-state index contributed by atoms with van der Waals surface area (Å²) < 4.78 is 26.0. The lowest BCUT2D eigenvalue weighted by atomic mass is 10.1. The number of carbonyl (C=O) groups excluding carboxylic acids is 1. The van der Waals surface area contributed by atoms with Gasteiger partial charge in [-0.25, -0.2) is 8.78 Å². The van der Waals surface area contributed by atoms with Crippen molar-refractivity contribution < 1.29 is 13.6 Å². The van der Waals surface area contributed by atoms with Gasteiger partial charge in [0.05, 0.1) is 11.6 Å². The highest BCUT2D eigenvalue weighted by Gasteiger charge is 2.14. The highest BCUT2D eigenvalue weighted by Crippen LogP contribution is 2.17. The molecule has 2 rings (SSSR count). The predicted molar refractivity (Wildman–Crippen MR) is 73.1 cm³/mol.